The SMILES string of the molecule is Cc1nc2cc(NC(=O)[C@@H](C)Oc3ccc(Cl)cc3C)ccc2o1. The summed E-state index contributed by atoms with van der Waals surface area (Å²) in [6.07, 6.45) is -0.653. The topological polar surface area (TPSA) is 64.4 Å². The standard InChI is InChI=1S/C18H17ClN2O3/c1-10-8-13(19)4-6-16(10)23-11(2)18(22)21-14-5-7-17-15(9-14)20-12(3)24-17/h4-9,11H,1-3H3,(H,21,22)/t11-/m1/s1. The van der Waals surface area contributed by atoms with Gasteiger partial charge in [0.25, 0.3) is 5.91 Å². The van der Waals surface area contributed by atoms with Gasteiger partial charge in [0.15, 0.2) is 17.6 Å². The number of ether oxygens (including phenoxy) is 1. The smallest absolute Gasteiger partial charge is 0.265 e. The molecule has 1 atom stereocenters. The molecule has 1 N–H and O–H groups in total. The van der Waals surface area contributed by atoms with Crippen LogP contribution in [-0.4, -0.2) is 17.0 Å². The molecule has 0 unspecified atom stereocenters. The molecule has 2 aromatic carbocycles. The van der Waals surface area contributed by atoms with Gasteiger partial charge in [-0.2, -0.15) is 0 Å². The minimum Gasteiger partial charge on any atom is -0.481 e. The number of carbonyl (C=O) groups excluding carboxylic acids is 1. The van der Waals surface area contributed by atoms with Gasteiger partial charge in [-0.25, -0.2) is 4.98 Å². The molecule has 0 bridgehead atoms. The van der Waals surface area contributed by atoms with Crippen LogP contribution < -0.4 is 10.1 Å². The van der Waals surface area contributed by atoms with E-state index in [1.165, 1.54) is 0 Å². The Kier molecular flexibility index (Phi) is 4.44. The fourth-order valence-electron chi connectivity index (χ4n) is 2.35. The Hall–Kier alpha value is -2.53. The summed E-state index contributed by atoms with van der Waals surface area (Å²) in [6, 6.07) is 10.6. The molecule has 0 aliphatic carbocycles. The number of hydrogen-bond donors (Lipinski definition) is 1. The van der Waals surface area contributed by atoms with Crippen molar-refractivity contribution in [3.63, 3.8) is 0 Å². The van der Waals surface area contributed by atoms with Crippen LogP contribution in [0.3, 0.4) is 0 Å². The Bertz CT molecular complexity index is 904. The number of halogens is 1. The van der Waals surface area contributed by atoms with Crippen molar-refractivity contribution in [3.8, 4) is 5.75 Å². The lowest BCUT2D eigenvalue weighted by molar-refractivity contribution is -0.122. The highest BCUT2D eigenvalue weighted by molar-refractivity contribution is 6.30. The summed E-state index contributed by atoms with van der Waals surface area (Å²) in [5.74, 6) is 0.969. The van der Waals surface area contributed by atoms with Crippen molar-refractivity contribution in [1.82, 2.24) is 4.98 Å². The maximum Gasteiger partial charge on any atom is 0.265 e. The van der Waals surface area contributed by atoms with Crippen LogP contribution in [0.2, 0.25) is 5.02 Å². The van der Waals surface area contributed by atoms with E-state index in [0.717, 1.165) is 5.56 Å². The molecule has 0 radical (unpaired) electrons. The molecule has 0 saturated heterocycles. The number of fused-ring (bicyclic) bond motifs is 1. The molecule has 0 spiro atoms. The number of nitrogens with one attached hydrogen (secondary N) is 1. The molecule has 1 heterocycles. The second-order valence-corrected chi connectivity index (χ2v) is 6.01. The van der Waals surface area contributed by atoms with Crippen LogP contribution in [0, 0.1) is 13.8 Å². The lowest BCUT2D eigenvalue weighted by Crippen LogP contribution is -2.30. The summed E-state index contributed by atoms with van der Waals surface area (Å²) in [4.78, 5) is 16.6. The molecule has 0 saturated carbocycles. The number of aryl methyl sites for hydroxylation is 2. The second kappa shape index (κ2) is 6.53. The Morgan fingerprint density at radius 3 is 2.79 bits per heavy atom. The zero-order valence-corrected chi connectivity index (χ0v) is 14.3. The number of carbonyl (C=O) groups is 1. The molecule has 6 heteroatoms. The number of anilines is 1. The number of nitrogens with zero attached hydrogens (tertiary/aromatic N) is 1. The van der Waals surface area contributed by atoms with Crippen LogP contribution in [0.25, 0.3) is 11.1 Å². The Morgan fingerprint density at radius 2 is 2.04 bits per heavy atom. The second-order valence-electron chi connectivity index (χ2n) is 5.57. The van der Waals surface area contributed by atoms with Crippen molar-refractivity contribution in [3.05, 3.63) is 52.9 Å². The highest BCUT2D eigenvalue weighted by atomic mass is 35.5. The van der Waals surface area contributed by atoms with Crippen molar-refractivity contribution < 1.29 is 13.9 Å². The third-order valence-electron chi connectivity index (χ3n) is 3.57. The minimum atomic E-state index is -0.653. The predicted molar refractivity (Wildman–Crippen MR) is 93.7 cm³/mol. The average molecular weight is 345 g/mol. The molecule has 5 nitrogen and oxygen atoms in total. The van der Waals surface area contributed by atoms with Gasteiger partial charge in [-0.05, 0) is 55.8 Å². The van der Waals surface area contributed by atoms with Crippen LogP contribution in [-0.2, 0) is 4.79 Å². The van der Waals surface area contributed by atoms with Crippen LogP contribution in [0.1, 0.15) is 18.4 Å². The van der Waals surface area contributed by atoms with Gasteiger partial charge in [-0.3, -0.25) is 4.79 Å². The predicted octanol–water partition coefficient (Wildman–Crippen LogP) is 4.50. The van der Waals surface area contributed by atoms with Gasteiger partial charge < -0.3 is 14.5 Å². The number of aromatic nitrogens is 1. The molecule has 3 aromatic rings. The van der Waals surface area contributed by atoms with Crippen molar-refractivity contribution in [1.29, 1.82) is 0 Å². The van der Waals surface area contributed by atoms with Gasteiger partial charge in [-0.15, -0.1) is 0 Å². The zero-order valence-electron chi connectivity index (χ0n) is 13.6. The molecule has 0 aliphatic heterocycles. The first-order valence-corrected chi connectivity index (χ1v) is 7.91. The number of benzene rings is 2. The maximum absolute atomic E-state index is 12.3. The van der Waals surface area contributed by atoms with Crippen LogP contribution >= 0.6 is 11.6 Å². The molecule has 3 rings (SSSR count). The molecule has 0 fully saturated rings. The van der Waals surface area contributed by atoms with Crippen LogP contribution in [0.5, 0.6) is 5.75 Å². The number of oxazole rings is 1. The van der Waals surface area contributed by atoms with Crippen molar-refractivity contribution in [2.24, 2.45) is 0 Å². The van der Waals surface area contributed by atoms with E-state index in [-0.39, 0.29) is 5.91 Å². The van der Waals surface area contributed by atoms with E-state index in [4.69, 9.17) is 20.8 Å². The Morgan fingerprint density at radius 1 is 1.25 bits per heavy atom. The normalized spacial score (nSPS) is 12.2. The van der Waals surface area contributed by atoms with E-state index in [2.05, 4.69) is 10.3 Å². The first kappa shape index (κ1) is 16.3. The highest BCUT2D eigenvalue weighted by Crippen LogP contribution is 2.24. The van der Waals surface area contributed by atoms with E-state index < -0.39 is 6.10 Å². The summed E-state index contributed by atoms with van der Waals surface area (Å²) in [6.45, 7) is 5.36. The van der Waals surface area contributed by atoms with Crippen LogP contribution in [0.15, 0.2) is 40.8 Å². The lowest BCUT2D eigenvalue weighted by atomic mass is 10.2. The van der Waals surface area contributed by atoms with E-state index in [0.29, 0.717) is 33.4 Å². The lowest BCUT2D eigenvalue weighted by Gasteiger charge is -2.16. The van der Waals surface area contributed by atoms with Gasteiger partial charge in [0.1, 0.15) is 11.3 Å². The number of amides is 1. The fraction of sp³-hybridized carbons (Fsp3) is 0.222. The van der Waals surface area contributed by atoms with Gasteiger partial charge in [-0.1, -0.05) is 11.6 Å². The van der Waals surface area contributed by atoms with Crippen molar-refractivity contribution in [2.75, 3.05) is 5.32 Å². The maximum atomic E-state index is 12.3. The molecular formula is C18H17ClN2O3. The summed E-state index contributed by atoms with van der Waals surface area (Å²) in [5, 5.41) is 3.46. The summed E-state index contributed by atoms with van der Waals surface area (Å²) in [7, 11) is 0. The van der Waals surface area contributed by atoms with Gasteiger partial charge >= 0.3 is 0 Å². The Balaban J connectivity index is 1.70. The molecular weight excluding hydrogens is 328 g/mol. The molecule has 1 aromatic heterocycles. The van der Waals surface area contributed by atoms with E-state index in [9.17, 15) is 4.79 Å². The highest BCUT2D eigenvalue weighted by Gasteiger charge is 2.16. The molecule has 124 valence electrons. The van der Waals surface area contributed by atoms with E-state index in [1.807, 2.05) is 6.92 Å². The first-order chi connectivity index (χ1) is 11.4. The quantitative estimate of drug-likeness (QED) is 0.756. The minimum absolute atomic E-state index is 0.246. The van der Waals surface area contributed by atoms with Gasteiger partial charge in [0.2, 0.25) is 0 Å². The number of hydrogen-bond acceptors (Lipinski definition) is 4. The van der Waals surface area contributed by atoms with E-state index >= 15 is 0 Å². The van der Waals surface area contributed by atoms with E-state index in [1.54, 1.807) is 50.2 Å². The number of rotatable bonds is 4. The molecule has 0 aliphatic rings. The van der Waals surface area contributed by atoms with Gasteiger partial charge in [0.05, 0.1) is 0 Å². The first-order valence-electron chi connectivity index (χ1n) is 7.53. The summed E-state index contributed by atoms with van der Waals surface area (Å²) in [5.41, 5.74) is 2.91. The summed E-state index contributed by atoms with van der Waals surface area (Å²) < 4.78 is 11.1. The molecule has 24 heavy (non-hydrogen) atoms. The average Bonchev–Trinajstić information content (AvgIpc) is 2.89. The largest absolute Gasteiger partial charge is 0.481 e. The third kappa shape index (κ3) is 3.51. The van der Waals surface area contributed by atoms with Crippen molar-refractivity contribution in [2.45, 2.75) is 26.9 Å². The third-order valence-corrected chi connectivity index (χ3v) is 3.81. The molecule has 1 amide bonds. The summed E-state index contributed by atoms with van der Waals surface area (Å²) >= 11 is 5.92. The van der Waals surface area contributed by atoms with Crippen LogP contribution in [0.4, 0.5) is 5.69 Å². The fourth-order valence-corrected chi connectivity index (χ4v) is 2.58. The monoisotopic (exact) mass is 344 g/mol. The van der Waals surface area contributed by atoms with Gasteiger partial charge in [0, 0.05) is 17.6 Å². The zero-order chi connectivity index (χ0) is 17.3. The Labute approximate surface area is 144 Å². The van der Waals surface area contributed by atoms with Crippen molar-refractivity contribution >= 4 is 34.3 Å².